The maximum Gasteiger partial charge on any atom is 0.123 e. The van der Waals surface area contributed by atoms with Gasteiger partial charge in [0.2, 0.25) is 0 Å². The number of hydrogen-bond acceptors (Lipinski definition) is 2. The molecule has 2 heteroatoms. The fourth-order valence-corrected chi connectivity index (χ4v) is 4.25. The zero-order chi connectivity index (χ0) is 15.1. The first kappa shape index (κ1) is 14.9. The lowest BCUT2D eigenvalue weighted by atomic mass is 9.76. The number of hydrogen-bond donors (Lipinski definition) is 1. The van der Waals surface area contributed by atoms with Gasteiger partial charge in [0.05, 0.1) is 0 Å². The molecule has 1 unspecified atom stereocenters. The average Bonchev–Trinajstić information content (AvgIpc) is 2.97. The summed E-state index contributed by atoms with van der Waals surface area (Å²) < 4.78 is 6.02. The molecule has 0 saturated heterocycles. The van der Waals surface area contributed by atoms with Crippen LogP contribution in [0.4, 0.5) is 0 Å². The smallest absolute Gasteiger partial charge is 0.123 e. The van der Waals surface area contributed by atoms with Crippen molar-refractivity contribution in [3.8, 4) is 5.75 Å². The van der Waals surface area contributed by atoms with Gasteiger partial charge in [-0.05, 0) is 55.8 Å². The van der Waals surface area contributed by atoms with Crippen LogP contribution in [0.15, 0.2) is 18.2 Å². The number of fused-ring (bicyclic) bond motifs is 1. The van der Waals surface area contributed by atoms with Crippen LogP contribution in [0.1, 0.15) is 70.5 Å². The molecule has 1 N–H and O–H groups in total. The van der Waals surface area contributed by atoms with Gasteiger partial charge in [-0.15, -0.1) is 0 Å². The van der Waals surface area contributed by atoms with Crippen LogP contribution in [0.3, 0.4) is 0 Å². The Bertz CT molecular complexity index is 514. The number of nitrogens with one attached hydrogen (secondary N) is 1. The Labute approximate surface area is 129 Å². The maximum atomic E-state index is 6.02. The van der Waals surface area contributed by atoms with E-state index in [-0.39, 0.29) is 5.60 Å². The van der Waals surface area contributed by atoms with Gasteiger partial charge in [0.1, 0.15) is 11.4 Å². The third kappa shape index (κ3) is 2.83. The summed E-state index contributed by atoms with van der Waals surface area (Å²) in [6, 6.07) is 7.32. The molecule has 1 atom stereocenters. The predicted octanol–water partition coefficient (Wildman–Crippen LogP) is 4.63. The Morgan fingerprint density at radius 2 is 1.90 bits per heavy atom. The van der Waals surface area contributed by atoms with Crippen LogP contribution in [-0.2, 0) is 6.42 Å². The molecular formula is C19H29NO. The molecule has 2 nitrogen and oxygen atoms in total. The maximum absolute atomic E-state index is 6.02. The number of rotatable bonds is 4. The molecule has 1 aromatic rings. The van der Waals surface area contributed by atoms with Crippen molar-refractivity contribution in [3.63, 3.8) is 0 Å². The van der Waals surface area contributed by atoms with Crippen LogP contribution in [-0.4, -0.2) is 12.1 Å². The second-order valence-corrected chi connectivity index (χ2v) is 7.76. The second-order valence-electron chi connectivity index (χ2n) is 7.76. The minimum atomic E-state index is -0.0497. The zero-order valence-electron chi connectivity index (χ0n) is 14.0. The molecule has 0 aromatic heterocycles. The summed E-state index contributed by atoms with van der Waals surface area (Å²) in [5.41, 5.74) is 3.17. The van der Waals surface area contributed by atoms with Gasteiger partial charge in [0.15, 0.2) is 0 Å². The fourth-order valence-electron chi connectivity index (χ4n) is 4.25. The Morgan fingerprint density at radius 3 is 2.57 bits per heavy atom. The standard InChI is InChI=1S/C19H29NO/c1-5-20-17(19(4)10-6-7-11-19)14-8-9-16-15(12-14)13-18(2,3)21-16/h8-9,12,17,20H,5-7,10-11,13H2,1-4H3. The molecule has 3 rings (SSSR count). The summed E-state index contributed by atoms with van der Waals surface area (Å²) in [4.78, 5) is 0. The van der Waals surface area contributed by atoms with Gasteiger partial charge < -0.3 is 10.1 Å². The van der Waals surface area contributed by atoms with Crippen LogP contribution in [0.25, 0.3) is 0 Å². The summed E-state index contributed by atoms with van der Waals surface area (Å²) in [5, 5.41) is 3.75. The van der Waals surface area contributed by atoms with Gasteiger partial charge in [-0.1, -0.05) is 38.8 Å². The Balaban J connectivity index is 1.91. The number of benzene rings is 1. The zero-order valence-corrected chi connectivity index (χ0v) is 14.0. The highest BCUT2D eigenvalue weighted by Crippen LogP contribution is 2.48. The Morgan fingerprint density at radius 1 is 1.19 bits per heavy atom. The fraction of sp³-hybridized carbons (Fsp3) is 0.684. The van der Waals surface area contributed by atoms with Crippen LogP contribution in [0.2, 0.25) is 0 Å². The van der Waals surface area contributed by atoms with Crippen molar-refractivity contribution in [1.29, 1.82) is 0 Å². The first-order valence-electron chi connectivity index (χ1n) is 8.49. The van der Waals surface area contributed by atoms with Crippen molar-refractivity contribution in [2.45, 2.75) is 71.4 Å². The number of ether oxygens (including phenoxy) is 1. The van der Waals surface area contributed by atoms with E-state index in [4.69, 9.17) is 4.74 Å². The van der Waals surface area contributed by atoms with Crippen molar-refractivity contribution >= 4 is 0 Å². The summed E-state index contributed by atoms with van der Waals surface area (Å²) in [5.74, 6) is 1.08. The van der Waals surface area contributed by atoms with E-state index in [1.165, 1.54) is 36.8 Å². The molecule has 0 spiro atoms. The molecule has 0 amide bonds. The van der Waals surface area contributed by atoms with Gasteiger partial charge in [-0.25, -0.2) is 0 Å². The van der Waals surface area contributed by atoms with Gasteiger partial charge in [0, 0.05) is 12.5 Å². The molecule has 1 saturated carbocycles. The van der Waals surface area contributed by atoms with E-state index in [1.54, 1.807) is 0 Å². The van der Waals surface area contributed by atoms with Crippen LogP contribution in [0, 0.1) is 5.41 Å². The topological polar surface area (TPSA) is 21.3 Å². The van der Waals surface area contributed by atoms with Crippen LogP contribution >= 0.6 is 0 Å². The van der Waals surface area contributed by atoms with Gasteiger partial charge in [-0.2, -0.15) is 0 Å². The SMILES string of the molecule is CCNC(c1ccc2c(c1)CC(C)(C)O2)C1(C)CCCC1. The monoisotopic (exact) mass is 287 g/mol. The van der Waals surface area contributed by atoms with E-state index >= 15 is 0 Å². The van der Waals surface area contributed by atoms with Gasteiger partial charge in [0.25, 0.3) is 0 Å². The molecule has 0 bridgehead atoms. The van der Waals surface area contributed by atoms with Gasteiger partial charge in [-0.3, -0.25) is 0 Å². The Hall–Kier alpha value is -1.02. The molecule has 0 radical (unpaired) electrons. The normalized spacial score (nSPS) is 23.6. The lowest BCUT2D eigenvalue weighted by molar-refractivity contribution is 0.138. The molecule has 21 heavy (non-hydrogen) atoms. The first-order chi connectivity index (χ1) is 9.93. The third-order valence-corrected chi connectivity index (χ3v) is 5.27. The van der Waals surface area contributed by atoms with Crippen molar-refractivity contribution < 1.29 is 4.74 Å². The molecule has 2 aliphatic rings. The van der Waals surface area contributed by atoms with E-state index in [9.17, 15) is 0 Å². The third-order valence-electron chi connectivity index (χ3n) is 5.27. The molecular weight excluding hydrogens is 258 g/mol. The van der Waals surface area contributed by atoms with Crippen molar-refractivity contribution in [2.24, 2.45) is 5.41 Å². The summed E-state index contributed by atoms with van der Waals surface area (Å²) in [6.45, 7) is 10.0. The largest absolute Gasteiger partial charge is 0.487 e. The average molecular weight is 287 g/mol. The second kappa shape index (κ2) is 5.31. The molecule has 1 aromatic carbocycles. The highest BCUT2D eigenvalue weighted by Gasteiger charge is 2.38. The first-order valence-corrected chi connectivity index (χ1v) is 8.49. The molecule has 1 fully saturated rings. The quantitative estimate of drug-likeness (QED) is 0.871. The lowest BCUT2D eigenvalue weighted by Crippen LogP contribution is -2.34. The van der Waals surface area contributed by atoms with Crippen molar-refractivity contribution in [1.82, 2.24) is 5.32 Å². The highest BCUT2D eigenvalue weighted by atomic mass is 16.5. The van der Waals surface area contributed by atoms with Gasteiger partial charge >= 0.3 is 0 Å². The molecule has 116 valence electrons. The lowest BCUT2D eigenvalue weighted by Gasteiger charge is -2.35. The van der Waals surface area contributed by atoms with E-state index in [1.807, 2.05) is 0 Å². The molecule has 1 heterocycles. The van der Waals surface area contributed by atoms with Crippen LogP contribution in [0.5, 0.6) is 5.75 Å². The summed E-state index contributed by atoms with van der Waals surface area (Å²) in [6.07, 6.45) is 6.44. The predicted molar refractivity (Wildman–Crippen MR) is 87.8 cm³/mol. The van der Waals surface area contributed by atoms with Crippen molar-refractivity contribution in [3.05, 3.63) is 29.3 Å². The minimum Gasteiger partial charge on any atom is -0.487 e. The molecule has 1 aliphatic carbocycles. The van der Waals surface area contributed by atoms with E-state index < -0.39 is 0 Å². The van der Waals surface area contributed by atoms with E-state index in [0.29, 0.717) is 11.5 Å². The summed E-state index contributed by atoms with van der Waals surface area (Å²) in [7, 11) is 0. The highest BCUT2D eigenvalue weighted by molar-refractivity contribution is 5.43. The molecule has 1 aliphatic heterocycles. The summed E-state index contributed by atoms with van der Waals surface area (Å²) >= 11 is 0. The van der Waals surface area contributed by atoms with Crippen molar-refractivity contribution in [2.75, 3.05) is 6.54 Å². The van der Waals surface area contributed by atoms with E-state index in [2.05, 4.69) is 51.2 Å². The Kier molecular flexibility index (Phi) is 3.77. The minimum absolute atomic E-state index is 0.0497. The van der Waals surface area contributed by atoms with E-state index in [0.717, 1.165) is 18.7 Å². The van der Waals surface area contributed by atoms with Crippen LogP contribution < -0.4 is 10.1 Å².